The molecule has 2 aromatic carbocycles. The highest BCUT2D eigenvalue weighted by Gasteiger charge is 2.28. The summed E-state index contributed by atoms with van der Waals surface area (Å²) in [4.78, 5) is 26.7. The highest BCUT2D eigenvalue weighted by Crippen LogP contribution is 2.21. The molecule has 34 heavy (non-hydrogen) atoms. The SMILES string of the molecule is CS(=O)(=O)c1ccc(-n2ccc(OCC3CCN(C(=O)Oc4ccc(Cl)cc4)C3)cc2=O)cc1. The fraction of sp³-hybridized carbons (Fsp3) is 0.250. The third-order valence-corrected chi connectivity index (χ3v) is 6.86. The van der Waals surface area contributed by atoms with Crippen LogP contribution in [0.5, 0.6) is 11.5 Å². The van der Waals surface area contributed by atoms with Crippen molar-refractivity contribution in [1.82, 2.24) is 9.47 Å². The van der Waals surface area contributed by atoms with Crippen LogP contribution in [0.4, 0.5) is 4.79 Å². The maximum atomic E-state index is 12.5. The first kappa shape index (κ1) is 23.8. The van der Waals surface area contributed by atoms with Crippen LogP contribution in [-0.4, -0.2) is 49.9 Å². The van der Waals surface area contributed by atoms with E-state index in [0.29, 0.717) is 41.9 Å². The van der Waals surface area contributed by atoms with Crippen molar-refractivity contribution >= 4 is 27.5 Å². The molecule has 1 aliphatic heterocycles. The number of sulfone groups is 1. The number of benzene rings is 2. The van der Waals surface area contributed by atoms with Gasteiger partial charge in [0.15, 0.2) is 9.84 Å². The van der Waals surface area contributed by atoms with Gasteiger partial charge in [0.2, 0.25) is 0 Å². The molecule has 2 heterocycles. The standard InChI is InChI=1S/C24H23ClN2O6S/c1-34(30,31)22-8-4-19(5-9-22)27-13-11-21(14-23(27)28)32-16-17-10-12-26(15-17)24(29)33-20-6-2-18(25)3-7-20/h2-9,11,13-14,17H,10,12,15-16H2,1H3. The number of carbonyl (C=O) groups is 1. The summed E-state index contributed by atoms with van der Waals surface area (Å²) in [7, 11) is -3.31. The van der Waals surface area contributed by atoms with E-state index >= 15 is 0 Å². The smallest absolute Gasteiger partial charge is 0.415 e. The van der Waals surface area contributed by atoms with Gasteiger partial charge in [-0.3, -0.25) is 9.36 Å². The van der Waals surface area contributed by atoms with Gasteiger partial charge in [0.25, 0.3) is 5.56 Å². The molecule has 0 N–H and O–H groups in total. The predicted molar refractivity (Wildman–Crippen MR) is 128 cm³/mol. The van der Waals surface area contributed by atoms with Crippen molar-refractivity contribution < 1.29 is 22.7 Å². The van der Waals surface area contributed by atoms with E-state index in [1.165, 1.54) is 22.8 Å². The quantitative estimate of drug-likeness (QED) is 0.509. The number of hydrogen-bond acceptors (Lipinski definition) is 6. The molecule has 1 aromatic heterocycles. The number of aromatic nitrogens is 1. The Bertz CT molecular complexity index is 1340. The van der Waals surface area contributed by atoms with Crippen LogP contribution in [0.2, 0.25) is 5.02 Å². The summed E-state index contributed by atoms with van der Waals surface area (Å²) in [6, 6.07) is 15.7. The molecule has 1 unspecified atom stereocenters. The van der Waals surface area contributed by atoms with Crippen LogP contribution >= 0.6 is 11.6 Å². The first-order valence-electron chi connectivity index (χ1n) is 10.6. The maximum absolute atomic E-state index is 12.5. The van der Waals surface area contributed by atoms with Gasteiger partial charge in [-0.15, -0.1) is 0 Å². The fourth-order valence-electron chi connectivity index (χ4n) is 3.63. The van der Waals surface area contributed by atoms with Gasteiger partial charge in [0.1, 0.15) is 11.5 Å². The van der Waals surface area contributed by atoms with Gasteiger partial charge in [0, 0.05) is 48.2 Å². The fourth-order valence-corrected chi connectivity index (χ4v) is 4.39. The van der Waals surface area contributed by atoms with Gasteiger partial charge in [0.05, 0.1) is 11.5 Å². The van der Waals surface area contributed by atoms with Gasteiger partial charge in [-0.1, -0.05) is 11.6 Å². The van der Waals surface area contributed by atoms with Crippen molar-refractivity contribution in [3.8, 4) is 17.2 Å². The van der Waals surface area contributed by atoms with Gasteiger partial charge in [-0.2, -0.15) is 0 Å². The minimum Gasteiger partial charge on any atom is -0.493 e. The molecule has 178 valence electrons. The third-order valence-electron chi connectivity index (χ3n) is 5.48. The minimum atomic E-state index is -3.31. The molecule has 1 saturated heterocycles. The molecule has 10 heteroatoms. The topological polar surface area (TPSA) is 94.9 Å². The Morgan fingerprint density at radius 3 is 2.41 bits per heavy atom. The van der Waals surface area contributed by atoms with E-state index in [-0.39, 0.29) is 16.4 Å². The lowest BCUT2D eigenvalue weighted by Gasteiger charge is -2.16. The van der Waals surface area contributed by atoms with E-state index < -0.39 is 15.9 Å². The molecule has 0 radical (unpaired) electrons. The first-order valence-corrected chi connectivity index (χ1v) is 12.8. The number of carbonyl (C=O) groups excluding carboxylic acids is 1. The van der Waals surface area contributed by atoms with Gasteiger partial charge in [-0.05, 0) is 61.0 Å². The predicted octanol–water partition coefficient (Wildman–Crippen LogP) is 3.79. The van der Waals surface area contributed by atoms with Crippen molar-refractivity contribution in [1.29, 1.82) is 0 Å². The molecule has 1 aliphatic rings. The average Bonchev–Trinajstić information content (AvgIpc) is 3.28. The van der Waals surface area contributed by atoms with E-state index in [1.54, 1.807) is 53.6 Å². The monoisotopic (exact) mass is 502 g/mol. The molecule has 1 atom stereocenters. The number of nitrogens with zero attached hydrogens (tertiary/aromatic N) is 2. The molecular formula is C24H23ClN2O6S. The maximum Gasteiger partial charge on any atom is 0.415 e. The summed E-state index contributed by atoms with van der Waals surface area (Å²) in [6.07, 6.45) is 3.05. The van der Waals surface area contributed by atoms with E-state index in [9.17, 15) is 18.0 Å². The van der Waals surface area contributed by atoms with Crippen LogP contribution in [0.25, 0.3) is 5.69 Å². The summed E-state index contributed by atoms with van der Waals surface area (Å²) in [5.41, 5.74) is 0.249. The third kappa shape index (κ3) is 5.78. The van der Waals surface area contributed by atoms with Crippen molar-refractivity contribution in [2.24, 2.45) is 5.92 Å². The van der Waals surface area contributed by atoms with Crippen LogP contribution < -0.4 is 15.0 Å². The largest absolute Gasteiger partial charge is 0.493 e. The van der Waals surface area contributed by atoms with E-state index in [2.05, 4.69) is 0 Å². The Labute approximate surface area is 202 Å². The highest BCUT2D eigenvalue weighted by atomic mass is 35.5. The second-order valence-electron chi connectivity index (χ2n) is 8.07. The van der Waals surface area contributed by atoms with E-state index in [1.807, 2.05) is 0 Å². The van der Waals surface area contributed by atoms with E-state index in [0.717, 1.165) is 12.7 Å². The van der Waals surface area contributed by atoms with Crippen LogP contribution in [0, 0.1) is 5.92 Å². The molecule has 8 nitrogen and oxygen atoms in total. The second-order valence-corrected chi connectivity index (χ2v) is 10.5. The summed E-state index contributed by atoms with van der Waals surface area (Å²) in [5.74, 6) is 0.973. The summed E-state index contributed by atoms with van der Waals surface area (Å²) < 4.78 is 35.8. The summed E-state index contributed by atoms with van der Waals surface area (Å²) in [6.45, 7) is 1.42. The van der Waals surface area contributed by atoms with Crippen LogP contribution in [0.3, 0.4) is 0 Å². The molecule has 1 fully saturated rings. The molecule has 0 spiro atoms. The Hall–Kier alpha value is -3.30. The Kier molecular flexibility index (Phi) is 6.95. The molecular weight excluding hydrogens is 480 g/mol. The zero-order valence-electron chi connectivity index (χ0n) is 18.4. The number of amides is 1. The zero-order valence-corrected chi connectivity index (χ0v) is 20.0. The van der Waals surface area contributed by atoms with Crippen LogP contribution in [0.1, 0.15) is 6.42 Å². The lowest BCUT2D eigenvalue weighted by molar-refractivity contribution is 0.158. The highest BCUT2D eigenvalue weighted by molar-refractivity contribution is 7.90. The lowest BCUT2D eigenvalue weighted by atomic mass is 10.1. The Morgan fingerprint density at radius 2 is 1.76 bits per heavy atom. The number of ether oxygens (including phenoxy) is 2. The number of hydrogen-bond donors (Lipinski definition) is 0. The lowest BCUT2D eigenvalue weighted by Crippen LogP contribution is -2.32. The second kappa shape index (κ2) is 9.90. The summed E-state index contributed by atoms with van der Waals surface area (Å²) in [5, 5.41) is 0.565. The minimum absolute atomic E-state index is 0.115. The zero-order chi connectivity index (χ0) is 24.3. The number of pyridine rings is 1. The first-order chi connectivity index (χ1) is 16.2. The van der Waals surface area contributed by atoms with E-state index in [4.69, 9.17) is 21.1 Å². The Balaban J connectivity index is 1.32. The molecule has 1 amide bonds. The van der Waals surface area contributed by atoms with Gasteiger partial charge in [-0.25, -0.2) is 13.2 Å². The summed E-state index contributed by atoms with van der Waals surface area (Å²) >= 11 is 5.84. The van der Waals surface area contributed by atoms with Gasteiger partial charge < -0.3 is 14.4 Å². The van der Waals surface area contributed by atoms with Crippen molar-refractivity contribution in [2.45, 2.75) is 11.3 Å². The number of likely N-dealkylation sites (tertiary alicyclic amines) is 1. The molecule has 4 rings (SSSR count). The normalized spacial score (nSPS) is 15.8. The molecule has 3 aromatic rings. The Morgan fingerprint density at radius 1 is 1.06 bits per heavy atom. The van der Waals surface area contributed by atoms with Gasteiger partial charge >= 0.3 is 6.09 Å². The molecule has 0 aliphatic carbocycles. The molecule has 0 bridgehead atoms. The average molecular weight is 503 g/mol. The van der Waals surface area contributed by atoms with Crippen molar-refractivity contribution in [3.05, 3.63) is 82.2 Å². The van der Waals surface area contributed by atoms with Crippen LogP contribution in [-0.2, 0) is 9.84 Å². The van der Waals surface area contributed by atoms with Crippen molar-refractivity contribution in [2.75, 3.05) is 26.0 Å². The van der Waals surface area contributed by atoms with Crippen LogP contribution in [0.15, 0.2) is 76.6 Å². The number of halogens is 1. The van der Waals surface area contributed by atoms with Crippen molar-refractivity contribution in [3.63, 3.8) is 0 Å². The number of rotatable bonds is 6. The molecule has 0 saturated carbocycles.